The molecule has 282 valence electrons. The quantitative estimate of drug-likeness (QED) is 0.103. The number of aliphatic hydroxyl groups is 2. The van der Waals surface area contributed by atoms with Crippen LogP contribution in [0.4, 0.5) is 0 Å². The fourth-order valence-electron chi connectivity index (χ4n) is 6.19. The Hall–Kier alpha value is -4.78. The Morgan fingerprint density at radius 3 is 1.35 bits per heavy atom. The van der Waals surface area contributed by atoms with Gasteiger partial charge in [0.05, 0.1) is 11.5 Å². The third-order valence-electron chi connectivity index (χ3n) is 8.26. The van der Waals surface area contributed by atoms with Gasteiger partial charge in [0.2, 0.25) is 0 Å². The molecule has 55 heavy (non-hydrogen) atoms. The molecule has 4 aromatic carbocycles. The van der Waals surface area contributed by atoms with E-state index in [1.807, 2.05) is 24.5 Å². The standard InChI is InChI=1S/C34H16N2OS2.2C5H8O2.2Pt/c1-3-13-29-19(7-1)25-17-35-27(15-31(25)38-29)23-11-5-9-21-22-10-6-12-24(34(22)37-33(21)23)28-16-32-26(18-36-28)20-8-2-4-14-30(20)39-32;2*1-4(6)3-5(2)7;;/h1-10,13-18H;2*3,6H,1-2H3;;/q-2;;;;/b;2*4-3-;;. The van der Waals surface area contributed by atoms with Crippen LogP contribution in [0.15, 0.2) is 125 Å². The Labute approximate surface area is 353 Å². The number of thiophene rings is 2. The van der Waals surface area contributed by atoms with Gasteiger partial charge in [-0.05, 0) is 51.2 Å². The summed E-state index contributed by atoms with van der Waals surface area (Å²) in [5.41, 5.74) is 5.00. The summed E-state index contributed by atoms with van der Waals surface area (Å²) < 4.78 is 11.6. The minimum atomic E-state index is -0.125. The van der Waals surface area contributed by atoms with Crippen molar-refractivity contribution in [3.8, 4) is 22.5 Å². The first kappa shape index (κ1) is 41.4. The number of furan rings is 1. The van der Waals surface area contributed by atoms with Gasteiger partial charge < -0.3 is 24.6 Å². The number of carbonyl (C=O) groups is 2. The van der Waals surface area contributed by atoms with Crippen molar-refractivity contribution in [2.75, 3.05) is 0 Å². The van der Waals surface area contributed by atoms with Crippen LogP contribution in [0.1, 0.15) is 27.7 Å². The number of fused-ring (bicyclic) bond motifs is 9. The number of benzene rings is 4. The molecular formula is C44H32N2O5Pt2S2-2. The maximum Gasteiger partial charge on any atom is 0.155 e. The monoisotopic (exact) mass is 1120 g/mol. The first-order valence-corrected chi connectivity index (χ1v) is 18.3. The van der Waals surface area contributed by atoms with Gasteiger partial charge in [-0.25, -0.2) is 0 Å². The van der Waals surface area contributed by atoms with E-state index in [0.717, 1.165) is 44.5 Å². The molecule has 0 aliphatic rings. The summed E-state index contributed by atoms with van der Waals surface area (Å²) in [6.45, 7) is 5.70. The van der Waals surface area contributed by atoms with E-state index in [1.54, 1.807) is 22.7 Å². The molecule has 0 spiro atoms. The molecule has 0 unspecified atom stereocenters. The van der Waals surface area contributed by atoms with E-state index in [-0.39, 0.29) is 65.2 Å². The van der Waals surface area contributed by atoms with Crippen molar-refractivity contribution in [2.45, 2.75) is 27.7 Å². The average Bonchev–Trinajstić information content (AvgIpc) is 3.81. The molecule has 0 fully saturated rings. The molecule has 2 N–H and O–H groups in total. The van der Waals surface area contributed by atoms with Crippen molar-refractivity contribution in [1.82, 2.24) is 9.97 Å². The summed E-state index contributed by atoms with van der Waals surface area (Å²) in [5, 5.41) is 23.6. The zero-order valence-electron chi connectivity index (χ0n) is 29.9. The molecule has 7 nitrogen and oxygen atoms in total. The maximum atomic E-state index is 10.0. The van der Waals surface area contributed by atoms with Crippen LogP contribution in [0.3, 0.4) is 0 Å². The number of hydrogen-bond acceptors (Lipinski definition) is 9. The summed E-state index contributed by atoms with van der Waals surface area (Å²) in [6, 6.07) is 36.1. The second-order valence-electron chi connectivity index (χ2n) is 12.4. The summed E-state index contributed by atoms with van der Waals surface area (Å²) in [4.78, 5) is 29.7. The van der Waals surface area contributed by atoms with Crippen LogP contribution in [-0.2, 0) is 51.7 Å². The van der Waals surface area contributed by atoms with Gasteiger partial charge in [-0.1, -0.05) is 70.4 Å². The minimum Gasteiger partial charge on any atom is -0.545 e. The number of rotatable bonds is 4. The molecule has 0 radical (unpaired) electrons. The summed E-state index contributed by atoms with van der Waals surface area (Å²) >= 11 is 3.57. The number of nitrogens with zero attached hydrogens (tertiary/aromatic N) is 2. The molecule has 9 rings (SSSR count). The molecular weight excluding hydrogens is 1090 g/mol. The maximum absolute atomic E-state index is 10.0. The second-order valence-corrected chi connectivity index (χ2v) is 14.6. The van der Waals surface area contributed by atoms with Crippen molar-refractivity contribution in [2.24, 2.45) is 0 Å². The summed E-state index contributed by atoms with van der Waals surface area (Å²) in [6.07, 6.45) is 6.28. The number of aromatic nitrogens is 2. The minimum absolute atomic E-state index is 0. The molecule has 11 heteroatoms. The Morgan fingerprint density at radius 1 is 0.582 bits per heavy atom. The molecule has 0 aliphatic heterocycles. The molecule has 0 bridgehead atoms. The van der Waals surface area contributed by atoms with E-state index >= 15 is 0 Å². The number of aliphatic hydroxyl groups excluding tert-OH is 2. The Bertz CT molecular complexity index is 2720. The number of pyridine rings is 2. The van der Waals surface area contributed by atoms with Crippen LogP contribution in [-0.4, -0.2) is 31.7 Å². The van der Waals surface area contributed by atoms with Crippen LogP contribution >= 0.6 is 22.7 Å². The van der Waals surface area contributed by atoms with Crippen molar-refractivity contribution in [3.05, 3.63) is 133 Å². The van der Waals surface area contributed by atoms with E-state index in [4.69, 9.17) is 24.6 Å². The molecule has 0 aliphatic carbocycles. The number of ketones is 2. The largest absolute Gasteiger partial charge is 0.545 e. The van der Waals surface area contributed by atoms with Crippen molar-refractivity contribution in [1.29, 1.82) is 0 Å². The first-order valence-electron chi connectivity index (χ1n) is 16.7. The molecule has 0 amide bonds. The van der Waals surface area contributed by atoms with Crippen LogP contribution < -0.4 is 0 Å². The van der Waals surface area contributed by atoms with E-state index < -0.39 is 0 Å². The second kappa shape index (κ2) is 17.8. The smallest absolute Gasteiger partial charge is 0.155 e. The summed E-state index contributed by atoms with van der Waals surface area (Å²) in [7, 11) is 0. The van der Waals surface area contributed by atoms with E-state index in [2.05, 4.69) is 84.9 Å². The van der Waals surface area contributed by atoms with E-state index in [0.29, 0.717) is 0 Å². The van der Waals surface area contributed by atoms with Gasteiger partial charge in [-0.3, -0.25) is 9.59 Å². The van der Waals surface area contributed by atoms with Gasteiger partial charge in [0, 0.05) is 118 Å². The molecule has 9 aromatic rings. The van der Waals surface area contributed by atoms with Gasteiger partial charge in [0.25, 0.3) is 0 Å². The third kappa shape index (κ3) is 8.87. The van der Waals surface area contributed by atoms with Gasteiger partial charge in [-0.15, -0.1) is 59.1 Å². The van der Waals surface area contributed by atoms with E-state index in [1.165, 1.54) is 80.2 Å². The fraction of sp³-hybridized carbons (Fsp3) is 0.0909. The predicted molar refractivity (Wildman–Crippen MR) is 218 cm³/mol. The van der Waals surface area contributed by atoms with Crippen molar-refractivity contribution in [3.63, 3.8) is 0 Å². The Morgan fingerprint density at radius 2 is 0.982 bits per heavy atom. The predicted octanol–water partition coefficient (Wildman–Crippen LogP) is 12.1. The van der Waals surface area contributed by atoms with Gasteiger partial charge in [-0.2, -0.15) is 0 Å². The molecule has 0 saturated heterocycles. The Kier molecular flexibility index (Phi) is 13.4. The molecule has 5 aromatic heterocycles. The average molecular weight is 1120 g/mol. The fourth-order valence-corrected chi connectivity index (χ4v) is 8.42. The topological polar surface area (TPSA) is 114 Å². The van der Waals surface area contributed by atoms with Crippen molar-refractivity contribution >= 4 is 96.5 Å². The Balaban J connectivity index is 0.000000313. The number of allylic oxidation sites excluding steroid dienone is 4. The molecule has 0 saturated carbocycles. The normalized spacial score (nSPS) is 11.5. The number of hydrogen-bond donors (Lipinski definition) is 2. The van der Waals surface area contributed by atoms with Crippen molar-refractivity contribution < 1.29 is 66.3 Å². The zero-order valence-corrected chi connectivity index (χ0v) is 36.0. The third-order valence-corrected chi connectivity index (χ3v) is 10.5. The molecule has 0 atom stereocenters. The van der Waals surface area contributed by atoms with Crippen LogP contribution in [0, 0.1) is 12.1 Å². The van der Waals surface area contributed by atoms with E-state index in [9.17, 15) is 9.59 Å². The van der Waals surface area contributed by atoms with Gasteiger partial charge in [0.15, 0.2) is 11.6 Å². The van der Waals surface area contributed by atoms with Crippen LogP contribution in [0.25, 0.3) is 84.8 Å². The van der Waals surface area contributed by atoms with Gasteiger partial charge >= 0.3 is 0 Å². The van der Waals surface area contributed by atoms with Crippen LogP contribution in [0.5, 0.6) is 0 Å². The molecule has 5 heterocycles. The number of carbonyl (C=O) groups excluding carboxylic acids is 2. The zero-order chi connectivity index (χ0) is 37.2. The first-order chi connectivity index (χ1) is 25.6. The SMILES string of the molecule is CC(=O)/C=C(/C)O.CC(=O)/C=C(/C)O.[Pt].[Pt].[c-]1ccc2c(oc3c(-c4cc5sc6ccccc6c5cn4)[c-]ccc32)c1-c1cc2sc3ccccc3c2cn1. The van der Waals surface area contributed by atoms with Crippen LogP contribution in [0.2, 0.25) is 0 Å². The summed E-state index contributed by atoms with van der Waals surface area (Å²) in [5.74, 6) is -0.125. The van der Waals surface area contributed by atoms with Gasteiger partial charge in [0.1, 0.15) is 0 Å².